The van der Waals surface area contributed by atoms with Crippen LogP contribution in [0.3, 0.4) is 0 Å². The van der Waals surface area contributed by atoms with E-state index < -0.39 is 0 Å². The summed E-state index contributed by atoms with van der Waals surface area (Å²) in [5.74, 6) is 0.604. The number of aromatic amines is 1. The zero-order valence-corrected chi connectivity index (χ0v) is 17.1. The normalized spacial score (nSPS) is 17.8. The van der Waals surface area contributed by atoms with Crippen molar-refractivity contribution in [2.45, 2.75) is 0 Å². The molecule has 3 heterocycles. The number of hydrogen-bond donors (Lipinski definition) is 1. The second-order valence-electron chi connectivity index (χ2n) is 7.16. The molecular weight excluding hydrogens is 382 g/mol. The second-order valence-corrected chi connectivity index (χ2v) is 7.16. The summed E-state index contributed by atoms with van der Waals surface area (Å²) in [7, 11) is 1.63. The van der Waals surface area contributed by atoms with E-state index in [1.165, 1.54) is 0 Å². The molecule has 0 spiro atoms. The summed E-state index contributed by atoms with van der Waals surface area (Å²) in [4.78, 5) is 12.8. The molecule has 5 rings (SSSR count). The minimum absolute atomic E-state index is 0.604. The molecular formula is C27H21N3O. The third kappa shape index (κ3) is 3.71. The first-order chi connectivity index (χ1) is 15.3. The zero-order valence-electron chi connectivity index (χ0n) is 17.1. The van der Waals surface area contributed by atoms with Crippen LogP contribution in [-0.4, -0.2) is 24.2 Å². The highest BCUT2D eigenvalue weighted by Gasteiger charge is 2.18. The molecule has 0 saturated heterocycles. The van der Waals surface area contributed by atoms with Crippen LogP contribution in [0.15, 0.2) is 118 Å². The molecule has 2 aliphatic heterocycles. The molecule has 0 atom stereocenters. The third-order valence-corrected chi connectivity index (χ3v) is 5.24. The van der Waals surface area contributed by atoms with Crippen molar-refractivity contribution >= 4 is 23.3 Å². The van der Waals surface area contributed by atoms with Crippen molar-refractivity contribution < 1.29 is 4.74 Å². The monoisotopic (exact) mass is 403 g/mol. The fourth-order valence-electron chi connectivity index (χ4n) is 3.82. The first-order valence-electron chi connectivity index (χ1n) is 10.1. The van der Waals surface area contributed by atoms with Crippen molar-refractivity contribution in [1.29, 1.82) is 0 Å². The first-order valence-corrected chi connectivity index (χ1v) is 10.1. The quantitative estimate of drug-likeness (QED) is 0.589. The van der Waals surface area contributed by atoms with Crippen molar-refractivity contribution in [3.05, 3.63) is 131 Å². The fourth-order valence-corrected chi connectivity index (χ4v) is 3.82. The molecule has 31 heavy (non-hydrogen) atoms. The van der Waals surface area contributed by atoms with Gasteiger partial charge in [0.05, 0.1) is 18.5 Å². The van der Waals surface area contributed by atoms with Gasteiger partial charge in [-0.2, -0.15) is 0 Å². The lowest BCUT2D eigenvalue weighted by atomic mass is 10.0. The van der Waals surface area contributed by atoms with Gasteiger partial charge in [-0.25, -0.2) is 4.99 Å². The number of ether oxygens (including phenoxy) is 1. The summed E-state index contributed by atoms with van der Waals surface area (Å²) < 4.78 is 5.32. The molecule has 3 aromatic rings. The molecule has 0 amide bonds. The van der Waals surface area contributed by atoms with Crippen LogP contribution in [0.4, 0.5) is 0 Å². The Kier molecular flexibility index (Phi) is 5.03. The molecule has 0 saturated carbocycles. The lowest BCUT2D eigenvalue weighted by Crippen LogP contribution is -1.96. The second kappa shape index (κ2) is 8.28. The smallest absolute Gasteiger partial charge is 0.213 e. The van der Waals surface area contributed by atoms with E-state index in [1.807, 2.05) is 66.9 Å². The summed E-state index contributed by atoms with van der Waals surface area (Å²) in [6.07, 6.45) is 9.70. The summed E-state index contributed by atoms with van der Waals surface area (Å²) in [5, 5.41) is 0. The Balaban J connectivity index is 1.66. The van der Waals surface area contributed by atoms with Crippen LogP contribution < -0.4 is 0 Å². The van der Waals surface area contributed by atoms with Gasteiger partial charge in [-0.15, -0.1) is 0 Å². The van der Waals surface area contributed by atoms with Crippen LogP contribution in [0.25, 0.3) is 11.1 Å². The van der Waals surface area contributed by atoms with Gasteiger partial charge in [0.25, 0.3) is 0 Å². The standard InChI is InChI=1S/C27H21N3O/c1-31-25-17-16-24(30-25)27(20-11-6-3-7-12-20)23-15-14-22(29-23)26(21-13-8-18-28-21)19-9-4-2-5-10-19/h2-18,29H,1H3/b26-21+,27-24-. The lowest BCUT2D eigenvalue weighted by molar-refractivity contribution is 0.408. The van der Waals surface area contributed by atoms with E-state index in [4.69, 9.17) is 4.74 Å². The number of benzene rings is 2. The minimum Gasteiger partial charge on any atom is -0.481 e. The van der Waals surface area contributed by atoms with E-state index in [9.17, 15) is 0 Å². The summed E-state index contributed by atoms with van der Waals surface area (Å²) in [6, 6.07) is 24.8. The van der Waals surface area contributed by atoms with Gasteiger partial charge in [-0.1, -0.05) is 60.7 Å². The lowest BCUT2D eigenvalue weighted by Gasteiger charge is -2.10. The highest BCUT2D eigenvalue weighted by molar-refractivity contribution is 5.96. The van der Waals surface area contributed by atoms with Crippen molar-refractivity contribution in [1.82, 2.24) is 4.98 Å². The number of nitrogens with zero attached hydrogens (tertiary/aromatic N) is 2. The zero-order chi connectivity index (χ0) is 21.0. The summed E-state index contributed by atoms with van der Waals surface area (Å²) >= 11 is 0. The van der Waals surface area contributed by atoms with Crippen LogP contribution in [-0.2, 0) is 4.74 Å². The SMILES string of the molecule is COC1=N/C(=C(/c2ccccc2)c2ccc(/C(=C3\C=CC=N3)c3ccccc3)[nH]2)C=C1. The van der Waals surface area contributed by atoms with Crippen LogP contribution in [0, 0.1) is 0 Å². The Morgan fingerprint density at radius 2 is 1.32 bits per heavy atom. The van der Waals surface area contributed by atoms with Gasteiger partial charge in [0.15, 0.2) is 0 Å². The van der Waals surface area contributed by atoms with Gasteiger partial charge in [0.1, 0.15) is 0 Å². The predicted molar refractivity (Wildman–Crippen MR) is 127 cm³/mol. The molecule has 4 heteroatoms. The van der Waals surface area contributed by atoms with Crippen LogP contribution >= 0.6 is 0 Å². The number of nitrogens with one attached hydrogen (secondary N) is 1. The predicted octanol–water partition coefficient (Wildman–Crippen LogP) is 5.79. The Hall–Kier alpha value is -4.18. The number of H-pyrrole nitrogens is 1. The maximum absolute atomic E-state index is 5.32. The maximum atomic E-state index is 5.32. The van der Waals surface area contributed by atoms with Crippen LogP contribution in [0.5, 0.6) is 0 Å². The maximum Gasteiger partial charge on any atom is 0.213 e. The highest BCUT2D eigenvalue weighted by atomic mass is 16.5. The van der Waals surface area contributed by atoms with Crippen molar-refractivity contribution in [3.63, 3.8) is 0 Å². The number of aliphatic imine (C=N–C) groups is 2. The van der Waals surface area contributed by atoms with Gasteiger partial charge in [0, 0.05) is 34.8 Å². The molecule has 1 N–H and O–H groups in total. The fraction of sp³-hybridized carbons (Fsp3) is 0.0370. The Morgan fingerprint density at radius 1 is 0.710 bits per heavy atom. The number of methoxy groups -OCH3 is 1. The van der Waals surface area contributed by atoms with Crippen molar-refractivity contribution in [2.24, 2.45) is 9.98 Å². The molecule has 150 valence electrons. The molecule has 0 fully saturated rings. The van der Waals surface area contributed by atoms with E-state index in [0.717, 1.165) is 45.1 Å². The topological polar surface area (TPSA) is 49.7 Å². The van der Waals surface area contributed by atoms with Crippen LogP contribution in [0.1, 0.15) is 22.5 Å². The number of rotatable bonds is 4. The number of allylic oxidation sites excluding steroid dienone is 3. The number of aromatic nitrogens is 1. The average molecular weight is 403 g/mol. The highest BCUT2D eigenvalue weighted by Crippen LogP contribution is 2.34. The molecule has 0 aliphatic carbocycles. The van der Waals surface area contributed by atoms with E-state index in [0.29, 0.717) is 5.90 Å². The Morgan fingerprint density at radius 3 is 1.84 bits per heavy atom. The van der Waals surface area contributed by atoms with Gasteiger partial charge in [-0.05, 0) is 41.5 Å². The Bertz CT molecular complexity index is 1270. The third-order valence-electron chi connectivity index (χ3n) is 5.24. The largest absolute Gasteiger partial charge is 0.481 e. The molecule has 2 aliphatic rings. The van der Waals surface area contributed by atoms with Crippen LogP contribution in [0.2, 0.25) is 0 Å². The first kappa shape index (κ1) is 18.8. The molecule has 1 aromatic heterocycles. The van der Waals surface area contributed by atoms with E-state index in [1.54, 1.807) is 7.11 Å². The number of hydrogen-bond acceptors (Lipinski definition) is 3. The van der Waals surface area contributed by atoms with E-state index in [-0.39, 0.29) is 0 Å². The molecule has 4 nitrogen and oxygen atoms in total. The Labute approximate surface area is 181 Å². The molecule has 0 radical (unpaired) electrons. The average Bonchev–Trinajstić information content (AvgIpc) is 3.59. The molecule has 0 bridgehead atoms. The molecule has 0 unspecified atom stereocenters. The van der Waals surface area contributed by atoms with E-state index in [2.05, 4.69) is 51.4 Å². The van der Waals surface area contributed by atoms with E-state index >= 15 is 0 Å². The minimum atomic E-state index is 0.604. The summed E-state index contributed by atoms with van der Waals surface area (Å²) in [6.45, 7) is 0. The van der Waals surface area contributed by atoms with Gasteiger partial charge >= 0.3 is 0 Å². The molecule has 2 aromatic carbocycles. The van der Waals surface area contributed by atoms with Gasteiger partial charge in [-0.3, -0.25) is 4.99 Å². The van der Waals surface area contributed by atoms with Gasteiger partial charge < -0.3 is 9.72 Å². The van der Waals surface area contributed by atoms with Crippen molar-refractivity contribution in [3.8, 4) is 0 Å². The van der Waals surface area contributed by atoms with Gasteiger partial charge in [0.2, 0.25) is 5.90 Å². The summed E-state index contributed by atoms with van der Waals surface area (Å²) in [5.41, 5.74) is 8.09. The van der Waals surface area contributed by atoms with Crippen molar-refractivity contribution in [2.75, 3.05) is 7.11 Å².